The number of nitrogens with two attached hydrogens (primary N) is 1. The lowest BCUT2D eigenvalue weighted by atomic mass is 10.1. The highest BCUT2D eigenvalue weighted by Gasteiger charge is 2.01. The third-order valence-corrected chi connectivity index (χ3v) is 2.17. The Kier molecular flexibility index (Phi) is 3.08. The molecular formula is C8H11N3O2S. The topological polar surface area (TPSA) is 96.0 Å². The van der Waals surface area contributed by atoms with Crippen molar-refractivity contribution in [3.8, 4) is 0 Å². The van der Waals surface area contributed by atoms with Crippen LogP contribution in [0.4, 0.5) is 5.69 Å². The van der Waals surface area contributed by atoms with Crippen molar-refractivity contribution in [2.24, 2.45) is 5.73 Å². The average Bonchev–Trinajstić information content (AvgIpc) is 2.07. The smallest absolute Gasteiger partial charge is 0.222 e. The summed E-state index contributed by atoms with van der Waals surface area (Å²) in [5.74, 6) is -0.0360. The number of nitrogen functional groups attached to an aromatic ring is 1. The number of nitrogens with one attached hydrogen (secondary N) is 2. The molecule has 76 valence electrons. The van der Waals surface area contributed by atoms with Crippen molar-refractivity contribution < 1.29 is 8.42 Å². The highest BCUT2D eigenvalue weighted by Crippen LogP contribution is 2.15. The SMILES string of the molecule is Cc1cc(C(=N)N)ccc1N[SH](=O)=O. The van der Waals surface area contributed by atoms with Crippen LogP contribution in [0.3, 0.4) is 0 Å². The Morgan fingerprint density at radius 2 is 2.14 bits per heavy atom. The number of amidine groups is 1. The Morgan fingerprint density at radius 3 is 2.57 bits per heavy atom. The van der Waals surface area contributed by atoms with Gasteiger partial charge < -0.3 is 5.73 Å². The molecule has 1 rings (SSSR count). The Hall–Kier alpha value is -1.56. The van der Waals surface area contributed by atoms with Gasteiger partial charge in [-0.1, -0.05) is 0 Å². The number of hydrogen-bond donors (Lipinski definition) is 4. The molecule has 4 N–H and O–H groups in total. The van der Waals surface area contributed by atoms with E-state index < -0.39 is 10.9 Å². The zero-order valence-electron chi connectivity index (χ0n) is 7.57. The van der Waals surface area contributed by atoms with Gasteiger partial charge in [-0.15, -0.1) is 0 Å². The molecule has 0 spiro atoms. The minimum Gasteiger partial charge on any atom is -0.384 e. The summed E-state index contributed by atoms with van der Waals surface area (Å²) < 4.78 is 23.1. The molecule has 0 atom stereocenters. The minimum absolute atomic E-state index is 0.0360. The van der Waals surface area contributed by atoms with E-state index in [2.05, 4.69) is 4.72 Å². The Bertz CT molecular complexity index is 432. The molecule has 0 aliphatic heterocycles. The van der Waals surface area contributed by atoms with Gasteiger partial charge in [-0.2, -0.15) is 0 Å². The lowest BCUT2D eigenvalue weighted by Crippen LogP contribution is -2.11. The summed E-state index contributed by atoms with van der Waals surface area (Å²) in [5.41, 5.74) is 7.09. The van der Waals surface area contributed by atoms with E-state index in [4.69, 9.17) is 11.1 Å². The summed E-state index contributed by atoms with van der Waals surface area (Å²) in [7, 11) is -2.65. The molecule has 1 aromatic carbocycles. The maximum Gasteiger partial charge on any atom is 0.222 e. The van der Waals surface area contributed by atoms with Crippen LogP contribution in [0.25, 0.3) is 0 Å². The van der Waals surface area contributed by atoms with Crippen LogP contribution in [0, 0.1) is 12.3 Å². The lowest BCUT2D eigenvalue weighted by molar-refractivity contribution is 0.619. The van der Waals surface area contributed by atoms with Gasteiger partial charge in [0.05, 0.1) is 5.69 Å². The maximum absolute atomic E-state index is 10.4. The van der Waals surface area contributed by atoms with Crippen molar-refractivity contribution in [3.63, 3.8) is 0 Å². The second kappa shape index (κ2) is 4.10. The van der Waals surface area contributed by atoms with Gasteiger partial charge in [0, 0.05) is 5.56 Å². The minimum atomic E-state index is -2.65. The van der Waals surface area contributed by atoms with Crippen LogP contribution in [0.15, 0.2) is 18.2 Å². The summed E-state index contributed by atoms with van der Waals surface area (Å²) >= 11 is 0. The summed E-state index contributed by atoms with van der Waals surface area (Å²) in [4.78, 5) is 0. The first kappa shape index (κ1) is 10.5. The maximum atomic E-state index is 10.4. The van der Waals surface area contributed by atoms with Crippen molar-refractivity contribution in [1.29, 1.82) is 5.41 Å². The fourth-order valence-corrected chi connectivity index (χ4v) is 1.50. The van der Waals surface area contributed by atoms with E-state index in [9.17, 15) is 8.42 Å². The first-order chi connectivity index (χ1) is 6.50. The molecule has 0 amide bonds. The number of thiol groups is 1. The predicted molar refractivity (Wildman–Crippen MR) is 56.1 cm³/mol. The molecule has 0 aliphatic carbocycles. The normalized spacial score (nSPS) is 10.1. The molecule has 1 aromatic rings. The van der Waals surface area contributed by atoms with E-state index in [1.165, 1.54) is 0 Å². The molecule has 5 nitrogen and oxygen atoms in total. The highest BCUT2D eigenvalue weighted by atomic mass is 32.2. The van der Waals surface area contributed by atoms with Gasteiger partial charge in [0.2, 0.25) is 10.9 Å². The second-order valence-corrected chi connectivity index (χ2v) is 3.55. The molecule has 0 unspecified atom stereocenters. The van der Waals surface area contributed by atoms with E-state index in [-0.39, 0.29) is 5.84 Å². The van der Waals surface area contributed by atoms with Gasteiger partial charge in [-0.05, 0) is 30.7 Å². The summed E-state index contributed by atoms with van der Waals surface area (Å²) in [6.45, 7) is 1.74. The fraction of sp³-hybridized carbons (Fsp3) is 0.125. The van der Waals surface area contributed by atoms with Gasteiger partial charge in [-0.25, -0.2) is 8.42 Å². The van der Waals surface area contributed by atoms with Crippen molar-refractivity contribution in [3.05, 3.63) is 29.3 Å². The quantitative estimate of drug-likeness (QED) is 0.328. The molecule has 0 saturated carbocycles. The number of anilines is 1. The third-order valence-electron chi connectivity index (χ3n) is 1.75. The van der Waals surface area contributed by atoms with Crippen molar-refractivity contribution in [2.45, 2.75) is 6.92 Å². The fourth-order valence-electron chi connectivity index (χ4n) is 1.05. The van der Waals surface area contributed by atoms with E-state index in [1.54, 1.807) is 25.1 Å². The van der Waals surface area contributed by atoms with Crippen LogP contribution in [0.1, 0.15) is 11.1 Å². The molecule has 0 radical (unpaired) electrons. The predicted octanol–water partition coefficient (Wildman–Crippen LogP) is 0.217. The Labute approximate surface area is 83.5 Å². The Morgan fingerprint density at radius 1 is 1.50 bits per heavy atom. The standard InChI is InChI=1S/C8H11N3O2S/c1-5-4-6(8(9)10)2-3-7(5)11-14(12)13/h2-4,14H,1H3,(H3,9,10)(H,11,12,13). The number of hydrogen-bond acceptors (Lipinski definition) is 3. The molecule has 0 fully saturated rings. The van der Waals surface area contributed by atoms with Crippen molar-refractivity contribution in [1.82, 2.24) is 0 Å². The molecule has 0 aromatic heterocycles. The number of aryl methyl sites for hydroxylation is 1. The van der Waals surface area contributed by atoms with E-state index in [0.29, 0.717) is 11.3 Å². The van der Waals surface area contributed by atoms with Crippen LogP contribution in [0.2, 0.25) is 0 Å². The van der Waals surface area contributed by atoms with Crippen LogP contribution < -0.4 is 10.5 Å². The summed E-state index contributed by atoms with van der Waals surface area (Å²) in [5, 5.41) is 7.18. The van der Waals surface area contributed by atoms with Crippen molar-refractivity contribution in [2.75, 3.05) is 4.72 Å². The van der Waals surface area contributed by atoms with Crippen molar-refractivity contribution >= 4 is 22.4 Å². The second-order valence-electron chi connectivity index (χ2n) is 2.81. The van der Waals surface area contributed by atoms with E-state index in [1.807, 2.05) is 0 Å². The largest absolute Gasteiger partial charge is 0.384 e. The average molecular weight is 213 g/mol. The van der Waals surface area contributed by atoms with Crippen LogP contribution in [-0.2, 0) is 10.9 Å². The van der Waals surface area contributed by atoms with Gasteiger partial charge >= 0.3 is 0 Å². The first-order valence-corrected chi connectivity index (χ1v) is 5.04. The zero-order chi connectivity index (χ0) is 10.7. The van der Waals surface area contributed by atoms with Crippen LogP contribution >= 0.6 is 0 Å². The molecule has 14 heavy (non-hydrogen) atoms. The van der Waals surface area contributed by atoms with Gasteiger partial charge in [0.25, 0.3) is 0 Å². The summed E-state index contributed by atoms with van der Waals surface area (Å²) in [6, 6.07) is 4.83. The third kappa shape index (κ3) is 2.46. The van der Waals surface area contributed by atoms with Gasteiger partial charge in [-0.3, -0.25) is 10.1 Å². The first-order valence-electron chi connectivity index (χ1n) is 3.87. The monoisotopic (exact) mass is 213 g/mol. The molecule has 0 bridgehead atoms. The molecule has 0 saturated heterocycles. The van der Waals surface area contributed by atoms with E-state index >= 15 is 0 Å². The highest BCUT2D eigenvalue weighted by molar-refractivity contribution is 7.73. The molecule has 6 heteroatoms. The number of benzene rings is 1. The molecule has 0 heterocycles. The van der Waals surface area contributed by atoms with Gasteiger partial charge in [0.1, 0.15) is 5.84 Å². The molecule has 0 aliphatic rings. The summed E-state index contributed by atoms with van der Waals surface area (Å²) in [6.07, 6.45) is 0. The van der Waals surface area contributed by atoms with Gasteiger partial charge in [0.15, 0.2) is 0 Å². The van der Waals surface area contributed by atoms with Crippen LogP contribution in [0.5, 0.6) is 0 Å². The Balaban J connectivity index is 3.07. The number of rotatable bonds is 3. The van der Waals surface area contributed by atoms with Crippen LogP contribution in [-0.4, -0.2) is 14.3 Å². The zero-order valence-corrected chi connectivity index (χ0v) is 8.47. The lowest BCUT2D eigenvalue weighted by Gasteiger charge is -2.05. The molecular weight excluding hydrogens is 202 g/mol. The van der Waals surface area contributed by atoms with E-state index in [0.717, 1.165) is 5.56 Å².